The Morgan fingerprint density at radius 1 is 1.07 bits per heavy atom. The number of benzene rings is 2. The highest BCUT2D eigenvalue weighted by Gasteiger charge is 2.49. The van der Waals surface area contributed by atoms with Gasteiger partial charge in [-0.05, 0) is 36.6 Å². The highest BCUT2D eigenvalue weighted by atomic mass is 35.5. The summed E-state index contributed by atoms with van der Waals surface area (Å²) in [5.41, 5.74) is 0.792. The lowest BCUT2D eigenvalue weighted by atomic mass is 9.92. The Kier molecular flexibility index (Phi) is 5.77. The molecule has 1 heterocycles. The van der Waals surface area contributed by atoms with Crippen LogP contribution in [0.3, 0.4) is 0 Å². The molecule has 7 heteroatoms. The number of carbonyl (C=O) groups is 3. The van der Waals surface area contributed by atoms with Gasteiger partial charge in [0.2, 0.25) is 0 Å². The number of ketones is 1. The van der Waals surface area contributed by atoms with Gasteiger partial charge in [-0.1, -0.05) is 66.9 Å². The predicted molar refractivity (Wildman–Crippen MR) is 109 cm³/mol. The fourth-order valence-electron chi connectivity index (χ4n) is 3.22. The van der Waals surface area contributed by atoms with Crippen LogP contribution >= 0.6 is 23.2 Å². The molecule has 1 aliphatic heterocycles. The van der Waals surface area contributed by atoms with Gasteiger partial charge in [0.1, 0.15) is 5.54 Å². The van der Waals surface area contributed by atoms with Crippen molar-refractivity contribution in [3.8, 4) is 0 Å². The molecule has 1 N–H and O–H groups in total. The number of urea groups is 1. The zero-order valence-electron chi connectivity index (χ0n) is 15.6. The first kappa shape index (κ1) is 20.4. The Hall–Kier alpha value is -2.37. The first-order chi connectivity index (χ1) is 13.3. The van der Waals surface area contributed by atoms with Gasteiger partial charge in [-0.2, -0.15) is 0 Å². The maximum Gasteiger partial charge on any atom is 0.325 e. The number of rotatable bonds is 6. The van der Waals surface area contributed by atoms with Gasteiger partial charge in [-0.25, -0.2) is 4.79 Å². The minimum atomic E-state index is -1.31. The number of hydrogen-bond acceptors (Lipinski definition) is 3. The molecule has 0 saturated carbocycles. The Bertz CT molecular complexity index is 943. The van der Waals surface area contributed by atoms with E-state index in [1.54, 1.807) is 37.3 Å². The van der Waals surface area contributed by atoms with Crippen molar-refractivity contribution in [3.05, 3.63) is 69.2 Å². The van der Waals surface area contributed by atoms with Crippen molar-refractivity contribution in [1.82, 2.24) is 10.2 Å². The second-order valence-corrected chi connectivity index (χ2v) is 7.76. The smallest absolute Gasteiger partial charge is 0.319 e. The van der Waals surface area contributed by atoms with Crippen LogP contribution in [0.4, 0.5) is 4.79 Å². The molecule has 146 valence electrons. The highest BCUT2D eigenvalue weighted by Crippen LogP contribution is 2.33. The van der Waals surface area contributed by atoms with Crippen LogP contribution < -0.4 is 5.32 Å². The standard InChI is InChI=1S/C21H20Cl2N2O3/c1-3-4-13-5-7-14(8-6-13)18(26)12-25-19(27)21(2,24-20(25)28)15-9-10-16(22)17(23)11-15/h5-11H,3-4,12H2,1-2H3,(H,24,28). The molecule has 0 aliphatic carbocycles. The highest BCUT2D eigenvalue weighted by molar-refractivity contribution is 6.42. The molecule has 2 aromatic rings. The number of carbonyl (C=O) groups excluding carboxylic acids is 3. The van der Waals surface area contributed by atoms with E-state index >= 15 is 0 Å². The topological polar surface area (TPSA) is 66.5 Å². The SMILES string of the molecule is CCCc1ccc(C(=O)CN2C(=O)NC(C)(c3ccc(Cl)c(Cl)c3)C2=O)cc1. The molecule has 0 aromatic heterocycles. The summed E-state index contributed by atoms with van der Waals surface area (Å²) in [7, 11) is 0. The second kappa shape index (κ2) is 7.94. The van der Waals surface area contributed by atoms with Crippen molar-refractivity contribution in [3.63, 3.8) is 0 Å². The van der Waals surface area contributed by atoms with E-state index in [1.807, 2.05) is 12.1 Å². The first-order valence-corrected chi connectivity index (χ1v) is 9.73. The maximum absolute atomic E-state index is 13.0. The van der Waals surface area contributed by atoms with Gasteiger partial charge in [0.25, 0.3) is 5.91 Å². The largest absolute Gasteiger partial charge is 0.325 e. The molecule has 3 rings (SSSR count). The zero-order valence-corrected chi connectivity index (χ0v) is 17.1. The molecule has 2 aromatic carbocycles. The van der Waals surface area contributed by atoms with Crippen molar-refractivity contribution in [2.45, 2.75) is 32.2 Å². The molecule has 3 amide bonds. The third-order valence-electron chi connectivity index (χ3n) is 4.89. The second-order valence-electron chi connectivity index (χ2n) is 6.95. The molecule has 28 heavy (non-hydrogen) atoms. The molecule has 1 fully saturated rings. The zero-order chi connectivity index (χ0) is 20.5. The molecular weight excluding hydrogens is 399 g/mol. The van der Waals surface area contributed by atoms with Crippen LogP contribution in [0.25, 0.3) is 0 Å². The van der Waals surface area contributed by atoms with E-state index < -0.39 is 17.5 Å². The Balaban J connectivity index is 1.79. The lowest BCUT2D eigenvalue weighted by molar-refractivity contribution is -0.130. The molecule has 1 atom stereocenters. The van der Waals surface area contributed by atoms with E-state index in [1.165, 1.54) is 0 Å². The number of imide groups is 1. The Labute approximate surface area is 173 Å². The number of aryl methyl sites for hydroxylation is 1. The van der Waals surface area contributed by atoms with Crippen molar-refractivity contribution in [1.29, 1.82) is 0 Å². The molecule has 0 radical (unpaired) electrons. The summed E-state index contributed by atoms with van der Waals surface area (Å²) in [5, 5.41) is 3.29. The average Bonchev–Trinajstić information content (AvgIpc) is 2.89. The van der Waals surface area contributed by atoms with E-state index in [9.17, 15) is 14.4 Å². The van der Waals surface area contributed by atoms with Crippen LogP contribution in [0.1, 0.15) is 41.8 Å². The summed E-state index contributed by atoms with van der Waals surface area (Å²) in [6.45, 7) is 3.34. The molecule has 1 unspecified atom stereocenters. The first-order valence-electron chi connectivity index (χ1n) is 8.98. The fraction of sp³-hybridized carbons (Fsp3) is 0.286. The number of halogens is 2. The van der Waals surface area contributed by atoms with Crippen LogP contribution in [0, 0.1) is 0 Å². The van der Waals surface area contributed by atoms with Gasteiger partial charge in [-0.15, -0.1) is 0 Å². The maximum atomic E-state index is 13.0. The molecule has 5 nitrogen and oxygen atoms in total. The average molecular weight is 419 g/mol. The Morgan fingerprint density at radius 3 is 2.36 bits per heavy atom. The van der Waals surface area contributed by atoms with Gasteiger partial charge in [0.05, 0.1) is 16.6 Å². The summed E-state index contributed by atoms with van der Waals surface area (Å²) in [4.78, 5) is 38.9. The van der Waals surface area contributed by atoms with E-state index in [2.05, 4.69) is 12.2 Å². The summed E-state index contributed by atoms with van der Waals surface area (Å²) >= 11 is 12.0. The van der Waals surface area contributed by atoms with E-state index in [-0.39, 0.29) is 17.4 Å². The minimum Gasteiger partial charge on any atom is -0.319 e. The number of hydrogen-bond donors (Lipinski definition) is 1. The molecule has 1 saturated heterocycles. The van der Waals surface area contributed by atoms with Crippen molar-refractivity contribution in [2.75, 3.05) is 6.54 Å². The van der Waals surface area contributed by atoms with Gasteiger partial charge >= 0.3 is 6.03 Å². The lowest BCUT2D eigenvalue weighted by Gasteiger charge is -2.22. The van der Waals surface area contributed by atoms with Gasteiger partial charge in [0.15, 0.2) is 5.78 Å². The van der Waals surface area contributed by atoms with Crippen molar-refractivity contribution >= 4 is 40.9 Å². The quantitative estimate of drug-likeness (QED) is 0.550. The predicted octanol–water partition coefficient (Wildman–Crippen LogP) is 4.60. The summed E-state index contributed by atoms with van der Waals surface area (Å²) < 4.78 is 0. The van der Waals surface area contributed by atoms with Crippen LogP contribution in [0.15, 0.2) is 42.5 Å². The fourth-order valence-corrected chi connectivity index (χ4v) is 3.52. The number of amides is 3. The van der Waals surface area contributed by atoms with Crippen LogP contribution in [-0.4, -0.2) is 29.2 Å². The molecule has 1 aliphatic rings. The van der Waals surface area contributed by atoms with Crippen LogP contribution in [0.5, 0.6) is 0 Å². The summed E-state index contributed by atoms with van der Waals surface area (Å²) in [6.07, 6.45) is 1.95. The van der Waals surface area contributed by atoms with E-state index in [4.69, 9.17) is 23.2 Å². The normalized spacial score (nSPS) is 19.1. The summed E-state index contributed by atoms with van der Waals surface area (Å²) in [6, 6.07) is 11.4. The van der Waals surface area contributed by atoms with E-state index in [0.717, 1.165) is 23.3 Å². The van der Waals surface area contributed by atoms with Gasteiger partial charge in [-0.3, -0.25) is 14.5 Å². The van der Waals surface area contributed by atoms with Crippen LogP contribution in [0.2, 0.25) is 10.0 Å². The van der Waals surface area contributed by atoms with Crippen molar-refractivity contribution in [2.24, 2.45) is 0 Å². The van der Waals surface area contributed by atoms with Gasteiger partial charge in [0, 0.05) is 5.56 Å². The molecular formula is C21H20Cl2N2O3. The third kappa shape index (κ3) is 3.77. The number of Topliss-reactive ketones (excluding diaryl/α,β-unsaturated/α-hetero) is 1. The van der Waals surface area contributed by atoms with Gasteiger partial charge < -0.3 is 5.32 Å². The van der Waals surface area contributed by atoms with Crippen molar-refractivity contribution < 1.29 is 14.4 Å². The number of nitrogens with zero attached hydrogens (tertiary/aromatic N) is 1. The summed E-state index contributed by atoms with van der Waals surface area (Å²) in [5.74, 6) is -0.809. The third-order valence-corrected chi connectivity index (χ3v) is 5.63. The lowest BCUT2D eigenvalue weighted by Crippen LogP contribution is -2.41. The minimum absolute atomic E-state index is 0.282. The van der Waals surface area contributed by atoms with E-state index in [0.29, 0.717) is 16.1 Å². The monoisotopic (exact) mass is 418 g/mol. The molecule has 0 spiro atoms. The Morgan fingerprint density at radius 2 is 1.75 bits per heavy atom. The molecule has 0 bridgehead atoms. The van der Waals surface area contributed by atoms with Crippen LogP contribution in [-0.2, 0) is 16.8 Å². The number of nitrogens with one attached hydrogen (secondary N) is 1.